The van der Waals surface area contributed by atoms with Crippen LogP contribution in [0.5, 0.6) is 0 Å². The summed E-state index contributed by atoms with van der Waals surface area (Å²) in [5.41, 5.74) is 0.932. The first-order chi connectivity index (χ1) is 13.2. The van der Waals surface area contributed by atoms with Crippen LogP contribution in [0.1, 0.15) is 43.6 Å². The highest BCUT2D eigenvalue weighted by molar-refractivity contribution is 6.42. The van der Waals surface area contributed by atoms with E-state index < -0.39 is 29.4 Å². The van der Waals surface area contributed by atoms with E-state index in [9.17, 15) is 24.0 Å². The third-order valence-electron chi connectivity index (χ3n) is 3.47. The Morgan fingerprint density at radius 1 is 0.893 bits per heavy atom. The molecule has 0 fully saturated rings. The van der Waals surface area contributed by atoms with Gasteiger partial charge in [-0.15, -0.1) is 0 Å². The molecule has 0 spiro atoms. The molecule has 154 valence electrons. The van der Waals surface area contributed by atoms with Gasteiger partial charge in [0.25, 0.3) is 0 Å². The lowest BCUT2D eigenvalue weighted by Gasteiger charge is -2.14. The van der Waals surface area contributed by atoms with E-state index in [2.05, 4.69) is 5.32 Å². The summed E-state index contributed by atoms with van der Waals surface area (Å²) in [5, 5.41) is 2.39. The number of hydrogen-bond donors (Lipinski definition) is 1. The number of ketones is 2. The fourth-order valence-electron chi connectivity index (χ4n) is 1.98. The molecule has 1 amide bonds. The second-order valence-corrected chi connectivity index (χ2v) is 5.65. The van der Waals surface area contributed by atoms with Gasteiger partial charge in [-0.2, -0.15) is 0 Å². The van der Waals surface area contributed by atoms with Crippen molar-refractivity contribution in [3.63, 3.8) is 0 Å². The zero-order valence-electron chi connectivity index (χ0n) is 16.9. The molecule has 8 heteroatoms. The molecule has 0 bridgehead atoms. The minimum atomic E-state index is -1.05. The van der Waals surface area contributed by atoms with Crippen LogP contribution in [0.2, 0.25) is 0 Å². The Morgan fingerprint density at radius 2 is 1.32 bits per heavy atom. The largest absolute Gasteiger partial charge is 0.465 e. The smallest absolute Gasteiger partial charge is 0.320 e. The van der Waals surface area contributed by atoms with Crippen LogP contribution in [0, 0.1) is 5.92 Å². The topological polar surface area (TPSA) is 116 Å². The summed E-state index contributed by atoms with van der Waals surface area (Å²) in [4.78, 5) is 56.1. The first kappa shape index (κ1) is 25.0. The SMILES string of the molecule is CCOC(=O)C(Cc1ccc(C(=O)C(C)=O)cc1)C(=O)OCC.CNC(C)=O. The van der Waals surface area contributed by atoms with E-state index in [1.165, 1.54) is 26.0 Å². The lowest BCUT2D eigenvalue weighted by Crippen LogP contribution is -2.30. The van der Waals surface area contributed by atoms with E-state index in [0.717, 1.165) is 0 Å². The molecule has 0 unspecified atom stereocenters. The van der Waals surface area contributed by atoms with Gasteiger partial charge in [-0.3, -0.25) is 24.0 Å². The fraction of sp³-hybridized carbons (Fsp3) is 0.450. The highest BCUT2D eigenvalue weighted by Crippen LogP contribution is 2.14. The first-order valence-corrected chi connectivity index (χ1v) is 8.83. The minimum absolute atomic E-state index is 0.00463. The van der Waals surface area contributed by atoms with Crippen molar-refractivity contribution in [1.29, 1.82) is 0 Å². The number of amides is 1. The Kier molecular flexibility index (Phi) is 11.8. The molecule has 0 heterocycles. The molecule has 0 aliphatic rings. The summed E-state index contributed by atoms with van der Waals surface area (Å²) in [5.74, 6) is -3.46. The van der Waals surface area contributed by atoms with E-state index in [1.54, 1.807) is 33.0 Å². The Bertz CT molecular complexity index is 677. The van der Waals surface area contributed by atoms with Crippen molar-refractivity contribution in [3.05, 3.63) is 35.4 Å². The van der Waals surface area contributed by atoms with Crippen LogP contribution in [0.25, 0.3) is 0 Å². The maximum absolute atomic E-state index is 11.9. The van der Waals surface area contributed by atoms with Crippen LogP contribution in [0.3, 0.4) is 0 Å². The second kappa shape index (κ2) is 13.2. The number of esters is 2. The van der Waals surface area contributed by atoms with Gasteiger partial charge in [-0.25, -0.2) is 0 Å². The molecule has 0 aliphatic heterocycles. The Hall–Kier alpha value is -3.03. The quantitative estimate of drug-likeness (QED) is 0.308. The van der Waals surface area contributed by atoms with E-state index in [-0.39, 0.29) is 31.1 Å². The molecular weight excluding hydrogens is 366 g/mol. The van der Waals surface area contributed by atoms with Crippen LogP contribution in [-0.2, 0) is 35.1 Å². The van der Waals surface area contributed by atoms with Crippen LogP contribution < -0.4 is 5.32 Å². The van der Waals surface area contributed by atoms with Crippen molar-refractivity contribution in [2.24, 2.45) is 5.92 Å². The average molecular weight is 393 g/mol. The van der Waals surface area contributed by atoms with Crippen LogP contribution in [0.4, 0.5) is 0 Å². The number of carbonyl (C=O) groups excluding carboxylic acids is 5. The van der Waals surface area contributed by atoms with Crippen molar-refractivity contribution in [3.8, 4) is 0 Å². The molecule has 1 aromatic carbocycles. The van der Waals surface area contributed by atoms with Gasteiger partial charge in [0, 0.05) is 26.5 Å². The molecule has 1 aromatic rings. The van der Waals surface area contributed by atoms with E-state index >= 15 is 0 Å². The molecule has 28 heavy (non-hydrogen) atoms. The molecule has 0 saturated heterocycles. The van der Waals surface area contributed by atoms with Crippen molar-refractivity contribution < 1.29 is 33.4 Å². The van der Waals surface area contributed by atoms with Gasteiger partial charge in [-0.05, 0) is 25.8 Å². The maximum Gasteiger partial charge on any atom is 0.320 e. The number of benzene rings is 1. The molecule has 0 aliphatic carbocycles. The van der Waals surface area contributed by atoms with Gasteiger partial charge < -0.3 is 14.8 Å². The predicted molar refractivity (Wildman–Crippen MR) is 102 cm³/mol. The molecule has 0 aromatic heterocycles. The van der Waals surface area contributed by atoms with Gasteiger partial charge in [0.2, 0.25) is 11.7 Å². The van der Waals surface area contributed by atoms with E-state index in [1.807, 2.05) is 0 Å². The molecular formula is C20H27NO7. The number of carbonyl (C=O) groups is 5. The zero-order valence-corrected chi connectivity index (χ0v) is 16.9. The molecule has 0 atom stereocenters. The Labute approximate surface area is 164 Å². The lowest BCUT2D eigenvalue weighted by molar-refractivity contribution is -0.161. The second-order valence-electron chi connectivity index (χ2n) is 5.65. The number of nitrogens with one attached hydrogen (secondary N) is 1. The summed E-state index contributed by atoms with van der Waals surface area (Å²) in [7, 11) is 1.60. The summed E-state index contributed by atoms with van der Waals surface area (Å²) in [6.07, 6.45) is 0.103. The summed E-state index contributed by atoms with van der Waals surface area (Å²) < 4.78 is 9.80. The van der Waals surface area contributed by atoms with Crippen LogP contribution in [0.15, 0.2) is 24.3 Å². The number of rotatable bonds is 8. The average Bonchev–Trinajstić information content (AvgIpc) is 2.66. The van der Waals surface area contributed by atoms with Crippen molar-refractivity contribution in [2.45, 2.75) is 34.1 Å². The number of hydrogen-bond acceptors (Lipinski definition) is 7. The number of Topliss-reactive ketones (excluding diaryl/α,β-unsaturated/α-hetero) is 2. The van der Waals surface area contributed by atoms with Crippen molar-refractivity contribution in [1.82, 2.24) is 5.32 Å². The number of ether oxygens (including phenoxy) is 2. The summed E-state index contributed by atoms with van der Waals surface area (Å²) in [6, 6.07) is 6.18. The monoisotopic (exact) mass is 393 g/mol. The molecule has 8 nitrogen and oxygen atoms in total. The standard InChI is InChI=1S/C17H20O6.C3H7NO/c1-4-22-16(20)14(17(21)23-5-2)10-12-6-8-13(9-7-12)15(19)11(3)18;1-3(5)4-2/h6-9,14H,4-5,10H2,1-3H3;1-2H3,(H,4,5). The van der Waals surface area contributed by atoms with Gasteiger partial charge >= 0.3 is 11.9 Å². The van der Waals surface area contributed by atoms with Crippen LogP contribution >= 0.6 is 0 Å². The summed E-state index contributed by atoms with van der Waals surface area (Å²) >= 11 is 0. The highest BCUT2D eigenvalue weighted by atomic mass is 16.6. The Balaban J connectivity index is 0.00000129. The predicted octanol–water partition coefficient (Wildman–Crippen LogP) is 1.50. The van der Waals surface area contributed by atoms with Crippen LogP contribution in [-0.4, -0.2) is 49.7 Å². The lowest BCUT2D eigenvalue weighted by atomic mass is 9.97. The van der Waals surface area contributed by atoms with E-state index in [4.69, 9.17) is 9.47 Å². The first-order valence-electron chi connectivity index (χ1n) is 8.83. The fourth-order valence-corrected chi connectivity index (χ4v) is 1.98. The van der Waals surface area contributed by atoms with E-state index in [0.29, 0.717) is 5.56 Å². The van der Waals surface area contributed by atoms with Gasteiger partial charge in [0.1, 0.15) is 0 Å². The molecule has 1 rings (SSSR count). The van der Waals surface area contributed by atoms with Gasteiger partial charge in [0.15, 0.2) is 11.7 Å². The van der Waals surface area contributed by atoms with Gasteiger partial charge in [-0.1, -0.05) is 24.3 Å². The third-order valence-corrected chi connectivity index (χ3v) is 3.47. The third kappa shape index (κ3) is 9.07. The zero-order chi connectivity index (χ0) is 21.7. The normalized spacial score (nSPS) is 9.64. The summed E-state index contributed by atoms with van der Waals surface area (Å²) in [6.45, 7) is 6.32. The van der Waals surface area contributed by atoms with Crippen molar-refractivity contribution >= 4 is 29.4 Å². The van der Waals surface area contributed by atoms with Crippen molar-refractivity contribution in [2.75, 3.05) is 20.3 Å². The molecule has 0 saturated carbocycles. The molecule has 1 N–H and O–H groups in total. The minimum Gasteiger partial charge on any atom is -0.465 e. The maximum atomic E-state index is 11.9. The highest BCUT2D eigenvalue weighted by Gasteiger charge is 2.29. The van der Waals surface area contributed by atoms with Gasteiger partial charge in [0.05, 0.1) is 13.2 Å². The molecule has 0 radical (unpaired) electrons. The Morgan fingerprint density at radius 3 is 1.64 bits per heavy atom.